The Morgan fingerprint density at radius 1 is 0.828 bits per heavy atom. The van der Waals surface area contributed by atoms with Crippen molar-refractivity contribution >= 4 is 11.6 Å². The van der Waals surface area contributed by atoms with E-state index in [4.69, 9.17) is 0 Å². The van der Waals surface area contributed by atoms with Crippen LogP contribution in [0.2, 0.25) is 0 Å². The van der Waals surface area contributed by atoms with Crippen molar-refractivity contribution in [3.63, 3.8) is 0 Å². The van der Waals surface area contributed by atoms with Crippen LogP contribution in [0.25, 0.3) is 0 Å². The smallest absolute Gasteiger partial charge is 0.257 e. The Kier molecular flexibility index (Phi) is 4.39. The number of amides is 1. The summed E-state index contributed by atoms with van der Waals surface area (Å²) in [7, 11) is 2.15. The van der Waals surface area contributed by atoms with Crippen molar-refractivity contribution in [1.29, 1.82) is 0 Å². The van der Waals surface area contributed by atoms with Gasteiger partial charge in [0.25, 0.3) is 5.91 Å². The van der Waals surface area contributed by atoms with E-state index in [1.54, 1.807) is 0 Å². The van der Waals surface area contributed by atoms with Gasteiger partial charge in [-0.3, -0.25) is 4.79 Å². The molecule has 2 heterocycles. The molecule has 0 N–H and O–H groups in total. The minimum absolute atomic E-state index is 0.0271. The molecule has 1 atom stereocenters. The normalized spacial score (nSPS) is 19.8. The average molecular weight is 383 g/mol. The number of hydrogen-bond donors (Lipinski definition) is 0. The van der Waals surface area contributed by atoms with Crippen LogP contribution in [-0.2, 0) is 12.8 Å². The third kappa shape index (κ3) is 3.02. The predicted molar refractivity (Wildman–Crippen MR) is 117 cm³/mol. The SMILES string of the molecule is CN1c2ccccc2C(=O)N2CCC(Cc3ccccc3)(Cc3ccccc3)C21. The minimum Gasteiger partial charge on any atom is -0.353 e. The first kappa shape index (κ1) is 18.0. The molecule has 1 fully saturated rings. The van der Waals surface area contributed by atoms with Crippen molar-refractivity contribution < 1.29 is 4.79 Å². The summed E-state index contributed by atoms with van der Waals surface area (Å²) < 4.78 is 0. The monoisotopic (exact) mass is 382 g/mol. The summed E-state index contributed by atoms with van der Waals surface area (Å²) in [6, 6.07) is 29.5. The Bertz CT molecular complexity index is 974. The fraction of sp³-hybridized carbons (Fsp3) is 0.269. The second-order valence-electron chi connectivity index (χ2n) is 8.44. The zero-order valence-electron chi connectivity index (χ0n) is 16.8. The average Bonchev–Trinajstić information content (AvgIpc) is 3.12. The summed E-state index contributed by atoms with van der Waals surface area (Å²) in [6.45, 7) is 0.807. The van der Waals surface area contributed by atoms with Crippen molar-refractivity contribution in [2.24, 2.45) is 5.41 Å². The minimum atomic E-state index is -0.0271. The molecule has 0 radical (unpaired) electrons. The molecule has 2 aliphatic heterocycles. The Morgan fingerprint density at radius 2 is 1.38 bits per heavy atom. The van der Waals surface area contributed by atoms with Gasteiger partial charge in [-0.05, 0) is 42.5 Å². The first-order chi connectivity index (χ1) is 14.2. The zero-order chi connectivity index (χ0) is 19.8. The molecule has 3 aromatic carbocycles. The van der Waals surface area contributed by atoms with Crippen LogP contribution in [0.5, 0.6) is 0 Å². The molecule has 0 aliphatic carbocycles. The van der Waals surface area contributed by atoms with Crippen molar-refractivity contribution in [2.75, 3.05) is 18.5 Å². The largest absolute Gasteiger partial charge is 0.353 e. The molecule has 0 spiro atoms. The van der Waals surface area contributed by atoms with Crippen LogP contribution in [0.4, 0.5) is 5.69 Å². The summed E-state index contributed by atoms with van der Waals surface area (Å²) in [4.78, 5) is 17.8. The Balaban J connectivity index is 1.60. The molecule has 29 heavy (non-hydrogen) atoms. The maximum absolute atomic E-state index is 13.3. The van der Waals surface area contributed by atoms with Crippen molar-refractivity contribution in [1.82, 2.24) is 4.90 Å². The van der Waals surface area contributed by atoms with Gasteiger partial charge in [-0.15, -0.1) is 0 Å². The van der Waals surface area contributed by atoms with Gasteiger partial charge in [-0.2, -0.15) is 0 Å². The van der Waals surface area contributed by atoms with Crippen LogP contribution < -0.4 is 4.90 Å². The fourth-order valence-electron chi connectivity index (χ4n) is 5.43. The highest BCUT2D eigenvalue weighted by Gasteiger charge is 2.53. The van der Waals surface area contributed by atoms with Gasteiger partial charge in [0.05, 0.1) is 11.3 Å². The molecule has 1 amide bonds. The lowest BCUT2D eigenvalue weighted by Crippen LogP contribution is -2.57. The van der Waals surface area contributed by atoms with E-state index in [9.17, 15) is 4.79 Å². The van der Waals surface area contributed by atoms with Gasteiger partial charge in [0, 0.05) is 19.0 Å². The summed E-state index contributed by atoms with van der Waals surface area (Å²) in [5, 5.41) is 0. The zero-order valence-corrected chi connectivity index (χ0v) is 16.8. The fourth-order valence-corrected chi connectivity index (χ4v) is 5.43. The third-order valence-electron chi connectivity index (χ3n) is 6.63. The lowest BCUT2D eigenvalue weighted by atomic mass is 9.72. The molecule has 3 heteroatoms. The molecule has 1 unspecified atom stereocenters. The van der Waals surface area contributed by atoms with Crippen LogP contribution in [-0.4, -0.2) is 30.6 Å². The Labute approximate surface area is 172 Å². The second-order valence-corrected chi connectivity index (χ2v) is 8.44. The summed E-state index contributed by atoms with van der Waals surface area (Å²) in [5.74, 6) is 0.173. The van der Waals surface area contributed by atoms with E-state index in [0.717, 1.165) is 37.1 Å². The molecule has 1 saturated heterocycles. The van der Waals surface area contributed by atoms with Gasteiger partial charge < -0.3 is 9.80 Å². The number of hydrogen-bond acceptors (Lipinski definition) is 2. The van der Waals surface area contributed by atoms with E-state index in [0.29, 0.717) is 0 Å². The highest BCUT2D eigenvalue weighted by molar-refractivity contribution is 6.02. The summed E-state index contributed by atoms with van der Waals surface area (Å²) >= 11 is 0. The number of para-hydroxylation sites is 1. The number of fused-ring (bicyclic) bond motifs is 2. The van der Waals surface area contributed by atoms with E-state index in [1.165, 1.54) is 11.1 Å². The van der Waals surface area contributed by atoms with Gasteiger partial charge in [0.15, 0.2) is 0 Å². The molecule has 3 nitrogen and oxygen atoms in total. The maximum atomic E-state index is 13.3. The molecular weight excluding hydrogens is 356 g/mol. The number of carbonyl (C=O) groups excluding carboxylic acids is 1. The predicted octanol–water partition coefficient (Wildman–Crippen LogP) is 4.78. The van der Waals surface area contributed by atoms with Gasteiger partial charge in [0.2, 0.25) is 0 Å². The van der Waals surface area contributed by atoms with Crippen LogP contribution in [0, 0.1) is 5.41 Å². The van der Waals surface area contributed by atoms with Gasteiger partial charge in [-0.1, -0.05) is 72.8 Å². The van der Waals surface area contributed by atoms with Crippen LogP contribution >= 0.6 is 0 Å². The first-order valence-electron chi connectivity index (χ1n) is 10.4. The van der Waals surface area contributed by atoms with Crippen LogP contribution in [0.15, 0.2) is 84.9 Å². The van der Waals surface area contributed by atoms with Crippen LogP contribution in [0.1, 0.15) is 27.9 Å². The van der Waals surface area contributed by atoms with E-state index in [-0.39, 0.29) is 17.5 Å². The van der Waals surface area contributed by atoms with Crippen molar-refractivity contribution in [2.45, 2.75) is 25.4 Å². The van der Waals surface area contributed by atoms with Gasteiger partial charge >= 0.3 is 0 Å². The molecule has 0 saturated carbocycles. The molecule has 0 bridgehead atoms. The van der Waals surface area contributed by atoms with Crippen molar-refractivity contribution in [3.8, 4) is 0 Å². The van der Waals surface area contributed by atoms with E-state index < -0.39 is 0 Å². The summed E-state index contributed by atoms with van der Waals surface area (Å²) in [5.41, 5.74) is 4.52. The highest BCUT2D eigenvalue weighted by Crippen LogP contribution is 2.48. The topological polar surface area (TPSA) is 23.6 Å². The molecular formula is C26H26N2O. The summed E-state index contributed by atoms with van der Waals surface area (Å²) in [6.07, 6.45) is 2.99. The number of carbonyl (C=O) groups is 1. The first-order valence-corrected chi connectivity index (χ1v) is 10.4. The number of nitrogens with zero attached hydrogens (tertiary/aromatic N) is 2. The van der Waals surface area contributed by atoms with E-state index in [1.807, 2.05) is 18.2 Å². The quantitative estimate of drug-likeness (QED) is 0.648. The number of anilines is 1. The lowest BCUT2D eigenvalue weighted by Gasteiger charge is -2.47. The maximum Gasteiger partial charge on any atom is 0.257 e. The Morgan fingerprint density at radius 3 is 2.00 bits per heavy atom. The standard InChI is InChI=1S/C26H26N2O/c1-27-23-15-9-8-14-22(23)24(29)28-17-16-26(25(27)28,18-20-10-4-2-5-11-20)19-21-12-6-3-7-13-21/h2-15,25H,16-19H2,1H3. The van der Waals surface area contributed by atoms with Crippen LogP contribution in [0.3, 0.4) is 0 Å². The highest BCUT2D eigenvalue weighted by atomic mass is 16.2. The van der Waals surface area contributed by atoms with Gasteiger partial charge in [0.1, 0.15) is 6.17 Å². The third-order valence-corrected chi connectivity index (χ3v) is 6.63. The molecule has 0 aromatic heterocycles. The Hall–Kier alpha value is -3.07. The lowest BCUT2D eigenvalue weighted by molar-refractivity contribution is 0.0635. The number of benzene rings is 3. The molecule has 146 valence electrons. The molecule has 5 rings (SSSR count). The van der Waals surface area contributed by atoms with Crippen molar-refractivity contribution in [3.05, 3.63) is 102 Å². The molecule has 3 aromatic rings. The van der Waals surface area contributed by atoms with E-state index in [2.05, 4.69) is 83.6 Å². The number of rotatable bonds is 4. The van der Waals surface area contributed by atoms with E-state index >= 15 is 0 Å². The van der Waals surface area contributed by atoms with Gasteiger partial charge in [-0.25, -0.2) is 0 Å². The molecule has 2 aliphatic rings. The second kappa shape index (κ2) is 7.07.